The lowest BCUT2D eigenvalue weighted by Crippen LogP contribution is -2.04. The third kappa shape index (κ3) is 6.14. The monoisotopic (exact) mass is 619 g/mol. The van der Waals surface area contributed by atoms with Crippen molar-refractivity contribution in [3.8, 4) is 11.1 Å². The first-order valence-corrected chi connectivity index (χ1v) is 16.3. The molecule has 0 amide bonds. The Morgan fingerprint density at radius 2 is 1.08 bits per heavy atom. The van der Waals surface area contributed by atoms with Crippen LogP contribution in [-0.4, -0.2) is 5.71 Å². The first-order chi connectivity index (χ1) is 23.6. The van der Waals surface area contributed by atoms with Crippen LogP contribution in [0.15, 0.2) is 175 Å². The summed E-state index contributed by atoms with van der Waals surface area (Å²) in [5, 5.41) is 7.65. The van der Waals surface area contributed by atoms with E-state index in [1.807, 2.05) is 55.5 Å². The highest BCUT2D eigenvalue weighted by Crippen LogP contribution is 2.37. The zero-order chi connectivity index (χ0) is 32.9. The molecule has 0 atom stereocenters. The van der Waals surface area contributed by atoms with E-state index >= 15 is 0 Å². The van der Waals surface area contributed by atoms with Gasteiger partial charge in [-0.25, -0.2) is 0 Å². The Labute approximate surface area is 281 Å². The fourth-order valence-electron chi connectivity index (χ4n) is 6.45. The van der Waals surface area contributed by atoms with E-state index in [9.17, 15) is 0 Å². The summed E-state index contributed by atoms with van der Waals surface area (Å²) in [4.78, 5) is 5.05. The average molecular weight is 620 g/mol. The molecule has 0 fully saturated rings. The minimum absolute atomic E-state index is 0.558. The molecule has 0 saturated heterocycles. The van der Waals surface area contributed by atoms with E-state index in [2.05, 4.69) is 115 Å². The predicted molar refractivity (Wildman–Crippen MR) is 207 cm³/mol. The molecular formula is C45H37N3. The van der Waals surface area contributed by atoms with Gasteiger partial charge >= 0.3 is 0 Å². The van der Waals surface area contributed by atoms with Gasteiger partial charge in [-0.05, 0) is 103 Å². The summed E-state index contributed by atoms with van der Waals surface area (Å²) in [6.07, 6.45) is 7.48. The number of fused-ring (bicyclic) bond motifs is 6. The van der Waals surface area contributed by atoms with Crippen molar-refractivity contribution in [2.24, 2.45) is 16.5 Å². The first kappa shape index (κ1) is 30.5. The molecule has 0 radical (unpaired) electrons. The molecule has 3 heteroatoms. The van der Waals surface area contributed by atoms with E-state index in [1.54, 1.807) is 6.20 Å². The summed E-state index contributed by atoms with van der Waals surface area (Å²) in [7, 11) is 0. The van der Waals surface area contributed by atoms with Crippen LogP contribution in [-0.2, 0) is 6.54 Å². The molecule has 0 bridgehead atoms. The molecule has 4 N–H and O–H groups in total. The molecule has 7 aromatic rings. The number of hydrogen-bond donors (Lipinski definition) is 2. The molecule has 0 aliphatic rings. The van der Waals surface area contributed by atoms with Gasteiger partial charge in [-0.3, -0.25) is 4.99 Å². The van der Waals surface area contributed by atoms with Crippen molar-refractivity contribution in [3.05, 3.63) is 192 Å². The van der Waals surface area contributed by atoms with Gasteiger partial charge in [0.25, 0.3) is 0 Å². The second kappa shape index (κ2) is 13.7. The van der Waals surface area contributed by atoms with Gasteiger partial charge in [0, 0.05) is 5.70 Å². The highest BCUT2D eigenvalue weighted by atomic mass is 14.7. The fourth-order valence-corrected chi connectivity index (χ4v) is 6.45. The highest BCUT2D eigenvalue weighted by Gasteiger charge is 2.11. The third-order valence-corrected chi connectivity index (χ3v) is 8.96. The van der Waals surface area contributed by atoms with E-state index < -0.39 is 0 Å². The van der Waals surface area contributed by atoms with Crippen LogP contribution in [0.2, 0.25) is 0 Å². The highest BCUT2D eigenvalue weighted by molar-refractivity contribution is 6.25. The molecule has 0 unspecified atom stereocenters. The number of nitrogens with two attached hydrogens (primary N) is 2. The molecule has 0 saturated carbocycles. The van der Waals surface area contributed by atoms with E-state index in [0.717, 1.165) is 39.1 Å². The van der Waals surface area contributed by atoms with Crippen LogP contribution in [0.25, 0.3) is 54.7 Å². The Bertz CT molecular complexity index is 2320. The first-order valence-electron chi connectivity index (χ1n) is 16.3. The third-order valence-electron chi connectivity index (χ3n) is 8.96. The Balaban J connectivity index is 1.25. The lowest BCUT2D eigenvalue weighted by Gasteiger charge is -2.12. The van der Waals surface area contributed by atoms with Crippen LogP contribution >= 0.6 is 0 Å². The molecule has 0 aliphatic carbocycles. The van der Waals surface area contributed by atoms with Crippen molar-refractivity contribution in [2.75, 3.05) is 0 Å². The van der Waals surface area contributed by atoms with Gasteiger partial charge in [-0.1, -0.05) is 146 Å². The lowest BCUT2D eigenvalue weighted by molar-refractivity contribution is 1.07. The lowest BCUT2D eigenvalue weighted by atomic mass is 9.92. The van der Waals surface area contributed by atoms with Crippen molar-refractivity contribution in [1.82, 2.24) is 0 Å². The standard InChI is InChI=1S/C45H37N3/c1-2-32(26-27-46)33-16-20-35(21-17-33)44(47)29-45(48-30-31-10-4-3-5-11-31)36-22-18-34(19-23-36)37-24-25-42-40-14-7-6-12-38(40)39-13-8-9-15-41(39)43(42)28-37/h2-29H,30,46-47H2,1H3/b27-26-,32-2+,44-29-,48-45?. The van der Waals surface area contributed by atoms with Gasteiger partial charge in [0.05, 0.1) is 12.3 Å². The molecule has 0 aromatic heterocycles. The smallest absolute Gasteiger partial charge is 0.0671 e. The molecule has 0 heterocycles. The number of hydrogen-bond acceptors (Lipinski definition) is 3. The number of rotatable bonds is 8. The summed E-state index contributed by atoms with van der Waals surface area (Å²) >= 11 is 0. The number of nitrogens with zero attached hydrogens (tertiary/aromatic N) is 1. The van der Waals surface area contributed by atoms with Crippen LogP contribution in [0.1, 0.15) is 29.2 Å². The second-order valence-corrected chi connectivity index (χ2v) is 11.9. The van der Waals surface area contributed by atoms with E-state index in [0.29, 0.717) is 12.2 Å². The number of aliphatic imine (C=N–C) groups is 1. The van der Waals surface area contributed by atoms with Gasteiger partial charge in [0.2, 0.25) is 0 Å². The average Bonchev–Trinajstić information content (AvgIpc) is 3.16. The second-order valence-electron chi connectivity index (χ2n) is 11.9. The van der Waals surface area contributed by atoms with Crippen LogP contribution in [0.3, 0.4) is 0 Å². The maximum Gasteiger partial charge on any atom is 0.0671 e. The Hall–Kier alpha value is -6.19. The molecule has 48 heavy (non-hydrogen) atoms. The molecule has 3 nitrogen and oxygen atoms in total. The maximum atomic E-state index is 6.71. The van der Waals surface area contributed by atoms with Gasteiger partial charge < -0.3 is 11.5 Å². The van der Waals surface area contributed by atoms with Crippen LogP contribution in [0.5, 0.6) is 0 Å². The molecule has 232 valence electrons. The summed E-state index contributed by atoms with van der Waals surface area (Å²) in [6.45, 7) is 2.56. The fraction of sp³-hybridized carbons (Fsp3) is 0.0444. The summed E-state index contributed by atoms with van der Waals surface area (Å²) < 4.78 is 0. The van der Waals surface area contributed by atoms with Gasteiger partial charge in [-0.2, -0.15) is 0 Å². The molecule has 7 aromatic carbocycles. The number of allylic oxidation sites excluding steroid dienone is 4. The molecular weight excluding hydrogens is 583 g/mol. The van der Waals surface area contributed by atoms with Crippen molar-refractivity contribution in [1.29, 1.82) is 0 Å². The molecule has 0 spiro atoms. The van der Waals surface area contributed by atoms with Crippen molar-refractivity contribution >= 4 is 49.3 Å². The van der Waals surface area contributed by atoms with Crippen LogP contribution in [0, 0.1) is 0 Å². The van der Waals surface area contributed by atoms with Crippen LogP contribution < -0.4 is 11.5 Å². The minimum atomic E-state index is 0.558. The Kier molecular flexibility index (Phi) is 8.67. The van der Waals surface area contributed by atoms with Crippen molar-refractivity contribution in [2.45, 2.75) is 13.5 Å². The molecule has 7 rings (SSSR count). The van der Waals surface area contributed by atoms with E-state index in [4.69, 9.17) is 16.5 Å². The van der Waals surface area contributed by atoms with Crippen molar-refractivity contribution < 1.29 is 0 Å². The Morgan fingerprint density at radius 1 is 0.562 bits per heavy atom. The normalized spacial score (nSPS) is 12.8. The maximum absolute atomic E-state index is 6.71. The topological polar surface area (TPSA) is 64.4 Å². The zero-order valence-electron chi connectivity index (χ0n) is 27.0. The quantitative estimate of drug-likeness (QED) is 0.101. The minimum Gasteiger partial charge on any atom is -0.405 e. The molecule has 0 aliphatic heterocycles. The zero-order valence-corrected chi connectivity index (χ0v) is 27.0. The SMILES string of the molecule is C/C=C(\C=C/N)c1ccc(/C(N)=C/C(=NCc2ccccc2)c2ccc(-c3ccc4c5ccccc5c5ccccc5c4c3)cc2)cc1. The summed E-state index contributed by atoms with van der Waals surface area (Å²) in [5.41, 5.74) is 21.4. The Morgan fingerprint density at radius 3 is 1.69 bits per heavy atom. The van der Waals surface area contributed by atoms with E-state index in [-0.39, 0.29) is 0 Å². The summed E-state index contributed by atoms with van der Waals surface area (Å²) in [6, 6.07) is 51.4. The van der Waals surface area contributed by atoms with E-state index in [1.165, 1.54) is 37.9 Å². The largest absolute Gasteiger partial charge is 0.405 e. The van der Waals surface area contributed by atoms with Gasteiger partial charge in [0.1, 0.15) is 0 Å². The van der Waals surface area contributed by atoms with Gasteiger partial charge in [0.15, 0.2) is 0 Å². The van der Waals surface area contributed by atoms with Crippen LogP contribution in [0.4, 0.5) is 0 Å². The predicted octanol–water partition coefficient (Wildman–Crippen LogP) is 10.7. The van der Waals surface area contributed by atoms with Gasteiger partial charge in [-0.15, -0.1) is 0 Å². The summed E-state index contributed by atoms with van der Waals surface area (Å²) in [5.74, 6) is 0. The van der Waals surface area contributed by atoms with Crippen molar-refractivity contribution in [3.63, 3.8) is 0 Å². The number of benzene rings is 7.